The van der Waals surface area contributed by atoms with E-state index < -0.39 is 0 Å². The second-order valence-electron chi connectivity index (χ2n) is 3.87. The van der Waals surface area contributed by atoms with E-state index in [1.165, 1.54) is 0 Å². The number of hydrogen-bond acceptors (Lipinski definition) is 3. The summed E-state index contributed by atoms with van der Waals surface area (Å²) in [5.41, 5.74) is 3.11. The van der Waals surface area contributed by atoms with Crippen molar-refractivity contribution in [2.75, 3.05) is 0 Å². The minimum atomic E-state index is -0.0707. The van der Waals surface area contributed by atoms with Gasteiger partial charge in [0.2, 0.25) is 0 Å². The van der Waals surface area contributed by atoms with Crippen LogP contribution < -0.4 is 0 Å². The molecule has 0 spiro atoms. The van der Waals surface area contributed by atoms with Crippen molar-refractivity contribution in [3.8, 4) is 0 Å². The highest BCUT2D eigenvalue weighted by molar-refractivity contribution is 6.05. The molecule has 0 saturated carbocycles. The van der Waals surface area contributed by atoms with Gasteiger partial charge >= 0.3 is 0 Å². The summed E-state index contributed by atoms with van der Waals surface area (Å²) in [6.07, 6.45) is 0. The van der Waals surface area contributed by atoms with Gasteiger partial charge in [0.05, 0.1) is 0 Å². The maximum atomic E-state index is 4.19. The lowest BCUT2D eigenvalue weighted by Gasteiger charge is -2.09. The van der Waals surface area contributed by atoms with Crippen LogP contribution in [0, 0.1) is 0 Å². The summed E-state index contributed by atoms with van der Waals surface area (Å²) < 4.78 is 0. The Hall–Kier alpha value is -2.29. The first-order valence-corrected chi connectivity index (χ1v) is 5.53. The molecular formula is C14H11N3. The van der Waals surface area contributed by atoms with Gasteiger partial charge in [-0.3, -0.25) is 0 Å². The summed E-state index contributed by atoms with van der Waals surface area (Å²) >= 11 is 0. The van der Waals surface area contributed by atoms with Crippen LogP contribution in [0.25, 0.3) is 0 Å². The van der Waals surface area contributed by atoms with E-state index in [9.17, 15) is 0 Å². The second kappa shape index (κ2) is 4.29. The van der Waals surface area contributed by atoms with Crippen molar-refractivity contribution in [3.63, 3.8) is 0 Å². The van der Waals surface area contributed by atoms with E-state index in [4.69, 9.17) is 0 Å². The SMILES string of the molecule is c1ccc(C2=NN=NC2c2ccccc2)cc1. The lowest BCUT2D eigenvalue weighted by molar-refractivity contribution is 0.901. The standard InChI is InChI=1S/C14H11N3/c1-3-7-11(8-4-1)13-14(16-17-15-13)12-9-5-2-6-10-12/h1-10,13H. The molecule has 1 aliphatic heterocycles. The molecule has 0 aromatic heterocycles. The van der Waals surface area contributed by atoms with E-state index >= 15 is 0 Å². The lowest BCUT2D eigenvalue weighted by atomic mass is 9.98. The van der Waals surface area contributed by atoms with E-state index in [-0.39, 0.29) is 6.04 Å². The molecule has 2 aromatic rings. The van der Waals surface area contributed by atoms with E-state index in [2.05, 4.69) is 15.4 Å². The van der Waals surface area contributed by atoms with Crippen LogP contribution >= 0.6 is 0 Å². The van der Waals surface area contributed by atoms with Gasteiger partial charge in [-0.2, -0.15) is 5.11 Å². The highest BCUT2D eigenvalue weighted by Crippen LogP contribution is 2.27. The summed E-state index contributed by atoms with van der Waals surface area (Å²) in [5.74, 6) is 0. The Bertz CT molecular complexity index is 559. The van der Waals surface area contributed by atoms with Gasteiger partial charge in [0, 0.05) is 5.56 Å². The van der Waals surface area contributed by atoms with Gasteiger partial charge in [-0.1, -0.05) is 60.7 Å². The van der Waals surface area contributed by atoms with Crippen LogP contribution in [0.5, 0.6) is 0 Å². The highest BCUT2D eigenvalue weighted by atomic mass is 15.4. The van der Waals surface area contributed by atoms with Crippen LogP contribution in [0.15, 0.2) is 76.1 Å². The molecule has 1 aliphatic rings. The number of hydrogen-bond donors (Lipinski definition) is 0. The zero-order valence-electron chi connectivity index (χ0n) is 9.19. The van der Waals surface area contributed by atoms with Gasteiger partial charge in [-0.05, 0) is 10.8 Å². The van der Waals surface area contributed by atoms with Crippen molar-refractivity contribution >= 4 is 5.71 Å². The van der Waals surface area contributed by atoms with Crippen LogP contribution in [-0.4, -0.2) is 5.71 Å². The van der Waals surface area contributed by atoms with Crippen molar-refractivity contribution in [1.29, 1.82) is 0 Å². The molecule has 3 heteroatoms. The highest BCUT2D eigenvalue weighted by Gasteiger charge is 2.22. The quantitative estimate of drug-likeness (QED) is 0.743. The molecule has 0 saturated heterocycles. The van der Waals surface area contributed by atoms with Crippen molar-refractivity contribution in [2.45, 2.75) is 6.04 Å². The van der Waals surface area contributed by atoms with Crippen molar-refractivity contribution in [1.82, 2.24) is 0 Å². The first-order valence-electron chi connectivity index (χ1n) is 5.53. The molecule has 82 valence electrons. The Morgan fingerprint density at radius 2 is 1.41 bits per heavy atom. The van der Waals surface area contributed by atoms with E-state index in [0.29, 0.717) is 0 Å². The maximum absolute atomic E-state index is 4.19. The molecule has 0 bridgehead atoms. The molecule has 0 radical (unpaired) electrons. The first-order chi connectivity index (χ1) is 8.45. The van der Waals surface area contributed by atoms with Crippen LogP contribution in [0.3, 0.4) is 0 Å². The lowest BCUT2D eigenvalue weighted by Crippen LogP contribution is -2.08. The predicted octanol–water partition coefficient (Wildman–Crippen LogP) is 3.60. The fourth-order valence-corrected chi connectivity index (χ4v) is 1.92. The Kier molecular flexibility index (Phi) is 2.50. The zero-order valence-corrected chi connectivity index (χ0v) is 9.19. The molecule has 0 fully saturated rings. The normalized spacial score (nSPS) is 18.1. The summed E-state index contributed by atoms with van der Waals surface area (Å²) in [6.45, 7) is 0. The molecule has 1 heterocycles. The van der Waals surface area contributed by atoms with Gasteiger partial charge in [-0.25, -0.2) is 0 Å². The fraction of sp³-hybridized carbons (Fsp3) is 0.0714. The largest absolute Gasteiger partial charge is 0.154 e. The minimum Gasteiger partial charge on any atom is -0.154 e. The van der Waals surface area contributed by atoms with Gasteiger partial charge in [0.1, 0.15) is 11.8 Å². The van der Waals surface area contributed by atoms with Gasteiger partial charge < -0.3 is 0 Å². The monoisotopic (exact) mass is 221 g/mol. The van der Waals surface area contributed by atoms with E-state index in [1.54, 1.807) is 0 Å². The van der Waals surface area contributed by atoms with Gasteiger partial charge in [-0.15, -0.1) is 5.10 Å². The third-order valence-corrected chi connectivity index (χ3v) is 2.76. The van der Waals surface area contributed by atoms with Crippen LogP contribution in [-0.2, 0) is 0 Å². The third kappa shape index (κ3) is 1.87. The Balaban J connectivity index is 1.98. The van der Waals surface area contributed by atoms with Crippen molar-refractivity contribution in [2.24, 2.45) is 15.4 Å². The number of benzene rings is 2. The molecule has 0 N–H and O–H groups in total. The molecule has 0 amide bonds. The summed E-state index contributed by atoms with van der Waals surface area (Å²) in [5, 5.41) is 12.1. The van der Waals surface area contributed by atoms with Gasteiger partial charge in [0.15, 0.2) is 0 Å². The second-order valence-corrected chi connectivity index (χ2v) is 3.87. The Labute approximate surface area is 99.5 Å². The molecule has 17 heavy (non-hydrogen) atoms. The minimum absolute atomic E-state index is 0.0707. The number of nitrogens with zero attached hydrogens (tertiary/aromatic N) is 3. The first kappa shape index (κ1) is 9.90. The van der Waals surface area contributed by atoms with Gasteiger partial charge in [0.25, 0.3) is 0 Å². The summed E-state index contributed by atoms with van der Waals surface area (Å²) in [6, 6.07) is 20.1. The molecule has 1 unspecified atom stereocenters. The average Bonchev–Trinajstić information content (AvgIpc) is 2.90. The van der Waals surface area contributed by atoms with Crippen LogP contribution in [0.1, 0.15) is 17.2 Å². The average molecular weight is 221 g/mol. The maximum Gasteiger partial charge on any atom is 0.142 e. The molecule has 2 aromatic carbocycles. The summed E-state index contributed by atoms with van der Waals surface area (Å²) in [7, 11) is 0. The molecule has 3 nitrogen and oxygen atoms in total. The molecule has 0 aliphatic carbocycles. The molecule has 3 rings (SSSR count). The molecule has 1 atom stereocenters. The fourth-order valence-electron chi connectivity index (χ4n) is 1.92. The van der Waals surface area contributed by atoms with E-state index in [0.717, 1.165) is 16.8 Å². The zero-order chi connectivity index (χ0) is 11.5. The van der Waals surface area contributed by atoms with Crippen molar-refractivity contribution in [3.05, 3.63) is 71.8 Å². The van der Waals surface area contributed by atoms with Crippen LogP contribution in [0.4, 0.5) is 0 Å². The predicted molar refractivity (Wildman–Crippen MR) is 67.0 cm³/mol. The molecular weight excluding hydrogens is 210 g/mol. The third-order valence-electron chi connectivity index (χ3n) is 2.76. The summed E-state index contributed by atoms with van der Waals surface area (Å²) in [4.78, 5) is 0. The Morgan fingerprint density at radius 3 is 2.12 bits per heavy atom. The van der Waals surface area contributed by atoms with Crippen molar-refractivity contribution < 1.29 is 0 Å². The smallest absolute Gasteiger partial charge is 0.142 e. The van der Waals surface area contributed by atoms with E-state index in [1.807, 2.05) is 60.7 Å². The number of rotatable bonds is 2. The topological polar surface area (TPSA) is 37.1 Å². The Morgan fingerprint density at radius 1 is 0.765 bits per heavy atom. The van der Waals surface area contributed by atoms with Crippen LogP contribution in [0.2, 0.25) is 0 Å².